The number of aryl methyl sites for hydroxylation is 1. The van der Waals surface area contributed by atoms with Crippen molar-refractivity contribution in [2.45, 2.75) is 31.4 Å². The van der Waals surface area contributed by atoms with Crippen LogP contribution >= 0.6 is 0 Å². The third-order valence-electron chi connectivity index (χ3n) is 4.31. The number of nitriles is 1. The van der Waals surface area contributed by atoms with E-state index in [9.17, 15) is 4.79 Å². The van der Waals surface area contributed by atoms with Gasteiger partial charge in [-0.15, -0.1) is 0 Å². The molecule has 1 fully saturated rings. The Morgan fingerprint density at radius 2 is 2.04 bits per heavy atom. The van der Waals surface area contributed by atoms with Crippen molar-refractivity contribution in [2.24, 2.45) is 0 Å². The Kier molecular flexibility index (Phi) is 6.18. The van der Waals surface area contributed by atoms with E-state index in [0.29, 0.717) is 43.8 Å². The van der Waals surface area contributed by atoms with Crippen LogP contribution < -0.4 is 10.1 Å². The molecule has 6 heteroatoms. The van der Waals surface area contributed by atoms with Gasteiger partial charge in [-0.1, -0.05) is 0 Å². The number of ether oxygens (including phenoxy) is 2. The normalized spacial score (nSPS) is 19.3. The van der Waals surface area contributed by atoms with Crippen LogP contribution in [-0.2, 0) is 16.0 Å². The van der Waals surface area contributed by atoms with Crippen molar-refractivity contribution in [3.05, 3.63) is 59.9 Å². The molecule has 2 aromatic rings. The summed E-state index contributed by atoms with van der Waals surface area (Å²) >= 11 is 0. The minimum absolute atomic E-state index is 0.00198. The zero-order valence-corrected chi connectivity index (χ0v) is 14.4. The van der Waals surface area contributed by atoms with E-state index in [1.54, 1.807) is 36.7 Å². The highest BCUT2D eigenvalue weighted by Crippen LogP contribution is 2.18. The van der Waals surface area contributed by atoms with Crippen molar-refractivity contribution in [3.8, 4) is 11.8 Å². The van der Waals surface area contributed by atoms with Gasteiger partial charge in [0.05, 0.1) is 24.3 Å². The minimum Gasteiger partial charge on any atom is -0.486 e. The smallest absolute Gasteiger partial charge is 0.220 e. The fourth-order valence-corrected chi connectivity index (χ4v) is 2.86. The van der Waals surface area contributed by atoms with Gasteiger partial charge in [-0.25, -0.2) is 0 Å². The molecule has 2 heterocycles. The van der Waals surface area contributed by atoms with Gasteiger partial charge in [-0.2, -0.15) is 5.26 Å². The van der Waals surface area contributed by atoms with Crippen molar-refractivity contribution in [2.75, 3.05) is 13.2 Å². The highest BCUT2D eigenvalue weighted by molar-refractivity contribution is 5.76. The van der Waals surface area contributed by atoms with Gasteiger partial charge in [0.1, 0.15) is 11.9 Å². The Bertz CT molecular complexity index is 756. The first-order valence-corrected chi connectivity index (χ1v) is 8.67. The highest BCUT2D eigenvalue weighted by Gasteiger charge is 2.28. The number of benzene rings is 1. The molecule has 0 saturated carbocycles. The summed E-state index contributed by atoms with van der Waals surface area (Å²) in [4.78, 5) is 16.3. The second kappa shape index (κ2) is 8.97. The highest BCUT2D eigenvalue weighted by atomic mass is 16.5. The van der Waals surface area contributed by atoms with Gasteiger partial charge >= 0.3 is 0 Å². The predicted octanol–water partition coefficient (Wildman–Crippen LogP) is 2.24. The first-order valence-electron chi connectivity index (χ1n) is 8.67. The van der Waals surface area contributed by atoms with Crippen LogP contribution in [0.1, 0.15) is 24.0 Å². The number of hydrogen-bond acceptors (Lipinski definition) is 5. The number of pyridine rings is 1. The second-order valence-corrected chi connectivity index (χ2v) is 6.19. The average molecular weight is 351 g/mol. The number of amides is 1. The lowest BCUT2D eigenvalue weighted by atomic mass is 10.0. The molecule has 1 N–H and O–H groups in total. The molecule has 0 bridgehead atoms. The maximum absolute atomic E-state index is 12.3. The number of carbonyl (C=O) groups excluding carboxylic acids is 1. The van der Waals surface area contributed by atoms with E-state index in [2.05, 4.69) is 16.4 Å². The molecule has 6 nitrogen and oxygen atoms in total. The Balaban J connectivity index is 1.54. The van der Waals surface area contributed by atoms with Crippen LogP contribution in [0.4, 0.5) is 0 Å². The van der Waals surface area contributed by atoms with Crippen molar-refractivity contribution in [1.29, 1.82) is 5.26 Å². The molecule has 2 atom stereocenters. The van der Waals surface area contributed by atoms with Gasteiger partial charge < -0.3 is 14.8 Å². The van der Waals surface area contributed by atoms with Crippen LogP contribution in [0, 0.1) is 11.3 Å². The fraction of sp³-hybridized carbons (Fsp3) is 0.350. The lowest BCUT2D eigenvalue weighted by Crippen LogP contribution is -2.51. The van der Waals surface area contributed by atoms with Gasteiger partial charge in [0.2, 0.25) is 5.91 Å². The van der Waals surface area contributed by atoms with Crippen molar-refractivity contribution >= 4 is 5.91 Å². The number of nitrogens with one attached hydrogen (secondary N) is 1. The molecule has 26 heavy (non-hydrogen) atoms. The largest absolute Gasteiger partial charge is 0.486 e. The molecule has 1 aromatic carbocycles. The minimum atomic E-state index is -0.249. The summed E-state index contributed by atoms with van der Waals surface area (Å²) in [6.45, 7) is 1.03. The van der Waals surface area contributed by atoms with Crippen LogP contribution in [0.2, 0.25) is 0 Å². The molecular weight excluding hydrogens is 330 g/mol. The zero-order valence-electron chi connectivity index (χ0n) is 14.4. The van der Waals surface area contributed by atoms with E-state index in [1.807, 2.05) is 12.1 Å². The molecule has 0 unspecified atom stereocenters. The molecule has 1 aliphatic heterocycles. The topological polar surface area (TPSA) is 84.2 Å². The number of carbonyl (C=O) groups is 1. The molecule has 1 aromatic heterocycles. The molecule has 1 aliphatic rings. The van der Waals surface area contributed by atoms with Gasteiger partial charge in [0.25, 0.3) is 0 Å². The zero-order chi connectivity index (χ0) is 18.2. The van der Waals surface area contributed by atoms with Gasteiger partial charge in [-0.3, -0.25) is 9.78 Å². The summed E-state index contributed by atoms with van der Waals surface area (Å²) in [5.74, 6) is 0.665. The Morgan fingerprint density at radius 1 is 1.27 bits per heavy atom. The molecule has 134 valence electrons. The van der Waals surface area contributed by atoms with E-state index < -0.39 is 0 Å². The van der Waals surface area contributed by atoms with Crippen LogP contribution in [-0.4, -0.2) is 36.3 Å². The van der Waals surface area contributed by atoms with Crippen molar-refractivity contribution in [1.82, 2.24) is 10.3 Å². The molecule has 1 amide bonds. The number of hydrogen-bond donors (Lipinski definition) is 1. The number of nitrogens with zero attached hydrogens (tertiary/aromatic N) is 2. The maximum atomic E-state index is 12.3. The average Bonchev–Trinajstić information content (AvgIpc) is 2.69. The summed E-state index contributed by atoms with van der Waals surface area (Å²) in [7, 11) is 0. The van der Waals surface area contributed by atoms with Crippen molar-refractivity contribution < 1.29 is 14.3 Å². The van der Waals surface area contributed by atoms with E-state index in [1.165, 1.54) is 0 Å². The summed E-state index contributed by atoms with van der Waals surface area (Å²) in [6, 6.07) is 12.8. The maximum Gasteiger partial charge on any atom is 0.220 e. The van der Waals surface area contributed by atoms with Crippen LogP contribution in [0.3, 0.4) is 0 Å². The lowest BCUT2D eigenvalue weighted by molar-refractivity contribution is -0.123. The number of aromatic nitrogens is 1. The van der Waals surface area contributed by atoms with Gasteiger partial charge in [-0.05, 0) is 54.8 Å². The van der Waals surface area contributed by atoms with Crippen molar-refractivity contribution in [3.63, 3.8) is 0 Å². The Morgan fingerprint density at radius 3 is 2.77 bits per heavy atom. The van der Waals surface area contributed by atoms with E-state index in [-0.39, 0.29) is 18.1 Å². The summed E-state index contributed by atoms with van der Waals surface area (Å²) in [6.07, 6.45) is 5.02. The standard InChI is InChI=1S/C20H21N3O3/c21-13-16-1-4-17(5-2-16)26-19-14-25-12-9-18(19)23-20(24)6-3-15-7-10-22-11-8-15/h1-2,4-5,7-8,10-11,18-19H,3,6,9,12,14H2,(H,23,24)/t18-,19-/m1/s1. The van der Waals surface area contributed by atoms with E-state index >= 15 is 0 Å². The Hall–Kier alpha value is -2.91. The Labute approximate surface area is 152 Å². The molecule has 1 saturated heterocycles. The van der Waals surface area contributed by atoms with Crippen LogP contribution in [0.25, 0.3) is 0 Å². The van der Waals surface area contributed by atoms with Crippen LogP contribution in [0.5, 0.6) is 5.75 Å². The summed E-state index contributed by atoms with van der Waals surface area (Å²) in [5, 5.41) is 11.9. The molecule has 3 rings (SSSR count). The first kappa shape index (κ1) is 17.9. The van der Waals surface area contributed by atoms with Crippen LogP contribution in [0.15, 0.2) is 48.8 Å². The third-order valence-corrected chi connectivity index (χ3v) is 4.31. The van der Waals surface area contributed by atoms with Gasteiger partial charge in [0.15, 0.2) is 0 Å². The van der Waals surface area contributed by atoms with E-state index in [0.717, 1.165) is 5.56 Å². The molecular formula is C20H21N3O3. The summed E-state index contributed by atoms with van der Waals surface area (Å²) < 4.78 is 11.5. The first-order chi connectivity index (χ1) is 12.7. The monoisotopic (exact) mass is 351 g/mol. The number of rotatable bonds is 6. The quantitative estimate of drug-likeness (QED) is 0.863. The third kappa shape index (κ3) is 5.04. The predicted molar refractivity (Wildman–Crippen MR) is 95.5 cm³/mol. The molecule has 0 aliphatic carbocycles. The lowest BCUT2D eigenvalue weighted by Gasteiger charge is -2.32. The van der Waals surface area contributed by atoms with Gasteiger partial charge in [0, 0.05) is 25.4 Å². The second-order valence-electron chi connectivity index (χ2n) is 6.19. The molecule has 0 radical (unpaired) electrons. The van der Waals surface area contributed by atoms with E-state index in [4.69, 9.17) is 14.7 Å². The molecule has 0 spiro atoms. The SMILES string of the molecule is N#Cc1ccc(O[C@@H]2COCC[C@H]2NC(=O)CCc2ccncc2)cc1. The summed E-state index contributed by atoms with van der Waals surface area (Å²) in [5.41, 5.74) is 1.67. The fourth-order valence-electron chi connectivity index (χ4n) is 2.86.